The molecule has 0 saturated carbocycles. The molecule has 1 aromatic carbocycles. The zero-order chi connectivity index (χ0) is 16.9. The van der Waals surface area contributed by atoms with Crippen molar-refractivity contribution >= 4 is 0 Å². The monoisotopic (exact) mass is 325 g/mol. The lowest BCUT2D eigenvalue weighted by Crippen LogP contribution is -2.46. The van der Waals surface area contributed by atoms with Crippen LogP contribution in [0.15, 0.2) is 28.8 Å². The third-order valence-electron chi connectivity index (χ3n) is 4.60. The molecule has 0 unspecified atom stereocenters. The molecule has 0 amide bonds. The van der Waals surface area contributed by atoms with Gasteiger partial charge in [-0.2, -0.15) is 10.2 Å². The molecule has 0 aliphatic carbocycles. The van der Waals surface area contributed by atoms with Gasteiger partial charge in [0.2, 0.25) is 5.89 Å². The molecule has 0 N–H and O–H groups in total. The number of nitrogens with zero attached hydrogens (tertiary/aromatic N) is 5. The molecule has 0 radical (unpaired) electrons. The highest BCUT2D eigenvalue weighted by Crippen LogP contribution is 2.21. The summed E-state index contributed by atoms with van der Waals surface area (Å²) in [5.41, 5.74) is 1.96. The molecule has 0 bridgehead atoms. The van der Waals surface area contributed by atoms with Crippen LogP contribution in [-0.2, 0) is 13.0 Å². The van der Waals surface area contributed by atoms with Gasteiger partial charge in [0.1, 0.15) is 0 Å². The van der Waals surface area contributed by atoms with Gasteiger partial charge in [-0.15, -0.1) is 0 Å². The second-order valence-corrected chi connectivity index (χ2v) is 6.20. The van der Waals surface area contributed by atoms with Gasteiger partial charge in [0.15, 0.2) is 5.82 Å². The van der Waals surface area contributed by atoms with Crippen molar-refractivity contribution in [2.45, 2.75) is 32.9 Å². The van der Waals surface area contributed by atoms with Crippen molar-refractivity contribution < 1.29 is 4.52 Å². The number of benzene rings is 1. The van der Waals surface area contributed by atoms with Gasteiger partial charge in [-0.1, -0.05) is 24.2 Å². The molecular formula is C18H23N5O. The van der Waals surface area contributed by atoms with Gasteiger partial charge >= 0.3 is 0 Å². The second kappa shape index (κ2) is 7.56. The molecule has 1 atom stereocenters. The first-order valence-electron chi connectivity index (χ1n) is 8.47. The van der Waals surface area contributed by atoms with Crippen molar-refractivity contribution in [2.24, 2.45) is 0 Å². The average molecular weight is 325 g/mol. The minimum absolute atomic E-state index is 0.162. The second-order valence-electron chi connectivity index (χ2n) is 6.20. The maximum absolute atomic E-state index is 8.86. The smallest absolute Gasteiger partial charge is 0.243 e. The average Bonchev–Trinajstić information content (AvgIpc) is 3.11. The SMILES string of the molecule is CCc1noc([C@@H](C)N2CCN(Cc3ccc(C#N)cc3)CC2)n1. The molecule has 0 spiro atoms. The van der Waals surface area contributed by atoms with E-state index in [1.807, 2.05) is 31.2 Å². The predicted molar refractivity (Wildman–Crippen MR) is 90.1 cm³/mol. The van der Waals surface area contributed by atoms with E-state index in [1.165, 1.54) is 5.56 Å². The molecule has 2 heterocycles. The molecule has 1 aliphatic rings. The lowest BCUT2D eigenvalue weighted by atomic mass is 10.1. The van der Waals surface area contributed by atoms with Crippen LogP contribution < -0.4 is 0 Å². The molecule has 1 saturated heterocycles. The summed E-state index contributed by atoms with van der Waals surface area (Å²) in [5, 5.41) is 12.8. The normalized spacial score (nSPS) is 17.5. The minimum Gasteiger partial charge on any atom is -0.338 e. The summed E-state index contributed by atoms with van der Waals surface area (Å²) in [4.78, 5) is 9.28. The lowest BCUT2D eigenvalue weighted by molar-refractivity contribution is 0.0845. The first-order chi connectivity index (χ1) is 11.7. The van der Waals surface area contributed by atoms with E-state index in [1.54, 1.807) is 0 Å². The summed E-state index contributed by atoms with van der Waals surface area (Å²) in [7, 11) is 0. The van der Waals surface area contributed by atoms with Crippen LogP contribution in [0.5, 0.6) is 0 Å². The van der Waals surface area contributed by atoms with Gasteiger partial charge < -0.3 is 4.52 Å². The van der Waals surface area contributed by atoms with E-state index < -0.39 is 0 Å². The summed E-state index contributed by atoms with van der Waals surface area (Å²) in [6.07, 6.45) is 0.800. The Morgan fingerprint density at radius 1 is 1.21 bits per heavy atom. The van der Waals surface area contributed by atoms with Gasteiger partial charge in [-0.3, -0.25) is 9.80 Å². The number of nitriles is 1. The van der Waals surface area contributed by atoms with E-state index in [0.717, 1.165) is 45.0 Å². The van der Waals surface area contributed by atoms with Gasteiger partial charge in [0.25, 0.3) is 0 Å². The van der Waals surface area contributed by atoms with E-state index >= 15 is 0 Å². The van der Waals surface area contributed by atoms with Crippen molar-refractivity contribution in [3.8, 4) is 6.07 Å². The highest BCUT2D eigenvalue weighted by atomic mass is 16.5. The van der Waals surface area contributed by atoms with Crippen LogP contribution in [0, 0.1) is 11.3 Å². The Labute approximate surface area is 142 Å². The van der Waals surface area contributed by atoms with Gasteiger partial charge in [0.05, 0.1) is 17.7 Å². The number of hydrogen-bond donors (Lipinski definition) is 0. The number of hydrogen-bond acceptors (Lipinski definition) is 6. The summed E-state index contributed by atoms with van der Waals surface area (Å²) in [5.74, 6) is 1.49. The van der Waals surface area contributed by atoms with Crippen LogP contribution >= 0.6 is 0 Å². The maximum Gasteiger partial charge on any atom is 0.243 e. The molecule has 1 fully saturated rings. The summed E-state index contributed by atoms with van der Waals surface area (Å²) < 4.78 is 5.37. The number of piperazine rings is 1. The van der Waals surface area contributed by atoms with Crippen LogP contribution in [-0.4, -0.2) is 46.1 Å². The summed E-state index contributed by atoms with van der Waals surface area (Å²) in [6, 6.07) is 10.2. The van der Waals surface area contributed by atoms with E-state index in [9.17, 15) is 0 Å². The van der Waals surface area contributed by atoms with Gasteiger partial charge in [0, 0.05) is 39.1 Å². The number of aryl methyl sites for hydroxylation is 1. The number of rotatable bonds is 5. The zero-order valence-electron chi connectivity index (χ0n) is 14.3. The Hall–Kier alpha value is -2.23. The molecule has 3 rings (SSSR count). The highest BCUT2D eigenvalue weighted by molar-refractivity contribution is 5.31. The molecule has 1 aliphatic heterocycles. The summed E-state index contributed by atoms with van der Waals surface area (Å²) >= 11 is 0. The topological polar surface area (TPSA) is 69.2 Å². The van der Waals surface area contributed by atoms with E-state index in [4.69, 9.17) is 9.78 Å². The third kappa shape index (κ3) is 3.81. The molecular weight excluding hydrogens is 302 g/mol. The van der Waals surface area contributed by atoms with Crippen LogP contribution in [0.1, 0.15) is 42.7 Å². The largest absolute Gasteiger partial charge is 0.338 e. The Kier molecular flexibility index (Phi) is 5.24. The predicted octanol–water partition coefficient (Wildman–Crippen LogP) is 2.38. The summed E-state index contributed by atoms with van der Waals surface area (Å²) in [6.45, 7) is 9.08. The maximum atomic E-state index is 8.86. The van der Waals surface area contributed by atoms with E-state index in [0.29, 0.717) is 11.5 Å². The van der Waals surface area contributed by atoms with Crippen LogP contribution in [0.2, 0.25) is 0 Å². The Morgan fingerprint density at radius 3 is 2.50 bits per heavy atom. The Morgan fingerprint density at radius 2 is 1.92 bits per heavy atom. The third-order valence-corrected chi connectivity index (χ3v) is 4.60. The minimum atomic E-state index is 0.162. The van der Waals surface area contributed by atoms with Gasteiger partial charge in [-0.05, 0) is 24.6 Å². The first-order valence-corrected chi connectivity index (χ1v) is 8.47. The molecule has 1 aromatic heterocycles. The number of aromatic nitrogens is 2. The van der Waals surface area contributed by atoms with Crippen LogP contribution in [0.4, 0.5) is 0 Å². The van der Waals surface area contributed by atoms with Crippen molar-refractivity contribution in [3.63, 3.8) is 0 Å². The van der Waals surface area contributed by atoms with Crippen molar-refractivity contribution in [1.82, 2.24) is 19.9 Å². The van der Waals surface area contributed by atoms with E-state index in [2.05, 4.69) is 32.9 Å². The zero-order valence-corrected chi connectivity index (χ0v) is 14.3. The van der Waals surface area contributed by atoms with Crippen molar-refractivity contribution in [2.75, 3.05) is 26.2 Å². The van der Waals surface area contributed by atoms with E-state index in [-0.39, 0.29) is 6.04 Å². The first kappa shape index (κ1) is 16.6. The molecule has 6 nitrogen and oxygen atoms in total. The Balaban J connectivity index is 1.52. The fourth-order valence-electron chi connectivity index (χ4n) is 2.99. The lowest BCUT2D eigenvalue weighted by Gasteiger charge is -2.36. The van der Waals surface area contributed by atoms with Crippen LogP contribution in [0.25, 0.3) is 0 Å². The molecule has 126 valence electrons. The van der Waals surface area contributed by atoms with Crippen molar-refractivity contribution in [1.29, 1.82) is 5.26 Å². The fourth-order valence-corrected chi connectivity index (χ4v) is 2.99. The van der Waals surface area contributed by atoms with Crippen molar-refractivity contribution in [3.05, 3.63) is 47.1 Å². The molecule has 24 heavy (non-hydrogen) atoms. The quantitative estimate of drug-likeness (QED) is 0.841. The molecule has 2 aromatic rings. The fraction of sp³-hybridized carbons (Fsp3) is 0.500. The van der Waals surface area contributed by atoms with Gasteiger partial charge in [-0.25, -0.2) is 0 Å². The highest BCUT2D eigenvalue weighted by Gasteiger charge is 2.25. The standard InChI is InChI=1S/C18H23N5O/c1-3-17-20-18(24-21-17)14(2)23-10-8-22(9-11-23)13-16-6-4-15(12-19)5-7-16/h4-7,14H,3,8-11,13H2,1-2H3/t14-/m1/s1. The van der Waals surface area contributed by atoms with Crippen LogP contribution in [0.3, 0.4) is 0 Å². The Bertz CT molecular complexity index is 695. The molecule has 6 heteroatoms.